The van der Waals surface area contributed by atoms with Crippen LogP contribution in [0.1, 0.15) is 19.5 Å². The first-order valence-corrected chi connectivity index (χ1v) is 11.4. The number of anilines is 2. The van der Waals surface area contributed by atoms with Gasteiger partial charge >= 0.3 is 0 Å². The Bertz CT molecular complexity index is 1110. The average molecular weight is 463 g/mol. The summed E-state index contributed by atoms with van der Waals surface area (Å²) in [5, 5.41) is 3.19. The third kappa shape index (κ3) is 3.75. The summed E-state index contributed by atoms with van der Waals surface area (Å²) >= 11 is 1.75. The van der Waals surface area contributed by atoms with Crippen molar-refractivity contribution in [3.63, 3.8) is 0 Å². The molecule has 174 valence electrons. The maximum Gasteiger partial charge on any atom is 0.239 e. The Balaban J connectivity index is 0.00000144. The molecule has 2 aliphatic heterocycles. The SMILES string of the molecule is CNc1nc2ccccc2n1-c1nc2c(c(C(C)(C)SC)n1)OC[C@@H]1COCCN21.O.O. The number of fused-ring (bicyclic) bond motifs is 4. The molecule has 32 heavy (non-hydrogen) atoms. The minimum atomic E-state index is -0.239. The van der Waals surface area contributed by atoms with Crippen molar-refractivity contribution in [3.8, 4) is 11.7 Å². The second-order valence-corrected chi connectivity index (χ2v) is 9.41. The molecule has 0 amide bonds. The first-order valence-electron chi connectivity index (χ1n) is 10.1. The van der Waals surface area contributed by atoms with Gasteiger partial charge in [-0.25, -0.2) is 14.5 Å². The Morgan fingerprint density at radius 1 is 1.12 bits per heavy atom. The third-order valence-electron chi connectivity index (χ3n) is 5.82. The Morgan fingerprint density at radius 3 is 2.66 bits per heavy atom. The van der Waals surface area contributed by atoms with Crippen molar-refractivity contribution in [1.82, 2.24) is 19.5 Å². The molecule has 5 rings (SSSR count). The molecule has 4 heterocycles. The van der Waals surface area contributed by atoms with Crippen molar-refractivity contribution in [2.75, 3.05) is 49.9 Å². The van der Waals surface area contributed by atoms with E-state index in [1.807, 2.05) is 35.9 Å². The van der Waals surface area contributed by atoms with E-state index in [0.29, 0.717) is 31.7 Å². The Labute approximate surface area is 191 Å². The molecule has 1 aromatic carbocycles. The van der Waals surface area contributed by atoms with Crippen molar-refractivity contribution in [1.29, 1.82) is 0 Å². The third-order valence-corrected chi connectivity index (χ3v) is 7.03. The van der Waals surface area contributed by atoms with Gasteiger partial charge in [-0.3, -0.25) is 0 Å². The second kappa shape index (κ2) is 9.10. The number of benzene rings is 1. The van der Waals surface area contributed by atoms with Crippen molar-refractivity contribution in [3.05, 3.63) is 30.0 Å². The van der Waals surface area contributed by atoms with Gasteiger partial charge in [-0.05, 0) is 32.2 Å². The molecule has 0 radical (unpaired) electrons. The molecule has 0 unspecified atom stereocenters. The van der Waals surface area contributed by atoms with Crippen LogP contribution >= 0.6 is 11.8 Å². The van der Waals surface area contributed by atoms with Gasteiger partial charge in [0.2, 0.25) is 11.9 Å². The number of imidazole rings is 1. The highest BCUT2D eigenvalue weighted by Gasteiger charge is 2.38. The summed E-state index contributed by atoms with van der Waals surface area (Å²) in [6.45, 7) is 7.05. The fourth-order valence-electron chi connectivity index (χ4n) is 4.01. The number of hydrogen-bond acceptors (Lipinski definition) is 8. The molecular formula is C21H30N6O4S. The van der Waals surface area contributed by atoms with Crippen LogP contribution in [0, 0.1) is 0 Å². The second-order valence-electron chi connectivity index (χ2n) is 7.98. The van der Waals surface area contributed by atoms with E-state index in [1.54, 1.807) is 11.8 Å². The zero-order valence-corrected chi connectivity index (χ0v) is 19.5. The number of rotatable bonds is 4. The van der Waals surface area contributed by atoms with Gasteiger partial charge < -0.3 is 30.6 Å². The standard InChI is InChI=1S/C21H26N6O2S.2H2O/c1-21(2,30-4)17-16-18(26-9-10-28-11-13(26)12-29-16)25-20(24-17)27-15-8-6-5-7-14(15)23-19(27)22-3;;/h5-8,13H,9-12H2,1-4H3,(H,22,23);2*1H2/t13-;;/m0../s1. The molecule has 11 heteroatoms. The van der Waals surface area contributed by atoms with Crippen LogP contribution < -0.4 is 15.0 Å². The molecular weight excluding hydrogens is 432 g/mol. The predicted molar refractivity (Wildman–Crippen MR) is 127 cm³/mol. The van der Waals surface area contributed by atoms with E-state index in [0.717, 1.165) is 34.8 Å². The van der Waals surface area contributed by atoms with Crippen LogP contribution in [0.2, 0.25) is 0 Å². The van der Waals surface area contributed by atoms with E-state index in [4.69, 9.17) is 24.4 Å². The molecule has 0 aliphatic carbocycles. The van der Waals surface area contributed by atoms with Gasteiger partial charge in [-0.1, -0.05) is 12.1 Å². The molecule has 3 aromatic rings. The minimum Gasteiger partial charge on any atom is -0.486 e. The zero-order valence-electron chi connectivity index (χ0n) is 18.7. The summed E-state index contributed by atoms with van der Waals surface area (Å²) in [4.78, 5) is 17.1. The van der Waals surface area contributed by atoms with Crippen molar-refractivity contribution in [2.24, 2.45) is 0 Å². The summed E-state index contributed by atoms with van der Waals surface area (Å²) in [6.07, 6.45) is 2.10. The largest absolute Gasteiger partial charge is 0.486 e. The summed E-state index contributed by atoms with van der Waals surface area (Å²) in [5.41, 5.74) is 2.76. The van der Waals surface area contributed by atoms with E-state index in [1.165, 1.54) is 0 Å². The number of thioether (sulfide) groups is 1. The van der Waals surface area contributed by atoms with E-state index >= 15 is 0 Å². The maximum absolute atomic E-state index is 6.23. The predicted octanol–water partition coefficient (Wildman–Crippen LogP) is 1.40. The van der Waals surface area contributed by atoms with Crippen LogP contribution in [0.25, 0.3) is 17.0 Å². The number of nitrogens with one attached hydrogen (secondary N) is 1. The smallest absolute Gasteiger partial charge is 0.239 e. The highest BCUT2D eigenvalue weighted by atomic mass is 32.2. The van der Waals surface area contributed by atoms with Crippen LogP contribution in [0.4, 0.5) is 11.8 Å². The fourth-order valence-corrected chi connectivity index (χ4v) is 4.34. The van der Waals surface area contributed by atoms with Gasteiger partial charge in [0.15, 0.2) is 11.6 Å². The number of ether oxygens (including phenoxy) is 2. The minimum absolute atomic E-state index is 0. The molecule has 1 atom stereocenters. The lowest BCUT2D eigenvalue weighted by molar-refractivity contribution is 0.0691. The van der Waals surface area contributed by atoms with Gasteiger partial charge in [-0.2, -0.15) is 16.7 Å². The molecule has 5 N–H and O–H groups in total. The van der Waals surface area contributed by atoms with E-state index in [2.05, 4.69) is 30.3 Å². The quantitative estimate of drug-likeness (QED) is 0.613. The van der Waals surface area contributed by atoms with Gasteiger partial charge in [0.05, 0.1) is 35.0 Å². The van der Waals surface area contributed by atoms with Gasteiger partial charge in [0.25, 0.3) is 0 Å². The number of hydrogen-bond donors (Lipinski definition) is 1. The van der Waals surface area contributed by atoms with Crippen LogP contribution in [0.15, 0.2) is 24.3 Å². The highest BCUT2D eigenvalue weighted by molar-refractivity contribution is 7.99. The lowest BCUT2D eigenvalue weighted by Crippen LogP contribution is -2.52. The average Bonchev–Trinajstić information content (AvgIpc) is 3.17. The number of morpholine rings is 1. The maximum atomic E-state index is 6.23. The van der Waals surface area contributed by atoms with Gasteiger partial charge in [-0.15, -0.1) is 0 Å². The number of nitrogens with zero attached hydrogens (tertiary/aromatic N) is 5. The molecule has 10 nitrogen and oxygen atoms in total. The van der Waals surface area contributed by atoms with Crippen LogP contribution in [0.3, 0.4) is 0 Å². The van der Waals surface area contributed by atoms with Gasteiger partial charge in [0.1, 0.15) is 12.3 Å². The molecule has 2 aliphatic rings. The van der Waals surface area contributed by atoms with Crippen molar-refractivity contribution >= 4 is 34.6 Å². The summed E-state index contributed by atoms with van der Waals surface area (Å²) in [5.74, 6) is 2.93. The van der Waals surface area contributed by atoms with Gasteiger partial charge in [0, 0.05) is 13.6 Å². The summed E-state index contributed by atoms with van der Waals surface area (Å²) in [6, 6.07) is 8.20. The van der Waals surface area contributed by atoms with Crippen molar-refractivity contribution in [2.45, 2.75) is 24.6 Å². The van der Waals surface area contributed by atoms with E-state index < -0.39 is 0 Å². The normalized spacial score (nSPS) is 17.5. The molecule has 0 saturated carbocycles. The zero-order chi connectivity index (χ0) is 20.9. The Morgan fingerprint density at radius 2 is 1.91 bits per heavy atom. The molecule has 1 saturated heterocycles. The Kier molecular flexibility index (Phi) is 6.84. The van der Waals surface area contributed by atoms with Crippen LogP contribution in [-0.4, -0.2) is 76.2 Å². The molecule has 2 aromatic heterocycles. The lowest BCUT2D eigenvalue weighted by Gasteiger charge is -2.41. The van der Waals surface area contributed by atoms with Crippen molar-refractivity contribution < 1.29 is 20.4 Å². The first-order chi connectivity index (χ1) is 14.5. The highest BCUT2D eigenvalue weighted by Crippen LogP contribution is 2.45. The van der Waals surface area contributed by atoms with E-state index in [-0.39, 0.29) is 21.7 Å². The first kappa shape index (κ1) is 24.1. The summed E-state index contributed by atoms with van der Waals surface area (Å²) in [7, 11) is 1.87. The monoisotopic (exact) mass is 462 g/mol. The number of aromatic nitrogens is 4. The van der Waals surface area contributed by atoms with Crippen LogP contribution in [0.5, 0.6) is 5.75 Å². The van der Waals surface area contributed by atoms with Crippen LogP contribution in [-0.2, 0) is 9.48 Å². The summed E-state index contributed by atoms with van der Waals surface area (Å²) < 4.78 is 13.6. The molecule has 0 bridgehead atoms. The molecule has 0 spiro atoms. The fraction of sp³-hybridized carbons (Fsp3) is 0.476. The topological polar surface area (TPSA) is 140 Å². The van der Waals surface area contributed by atoms with E-state index in [9.17, 15) is 0 Å². The molecule has 1 fully saturated rings. The Hall–Kier alpha value is -2.60. The lowest BCUT2D eigenvalue weighted by atomic mass is 10.1. The number of para-hydroxylation sites is 2.